The van der Waals surface area contributed by atoms with E-state index in [1.54, 1.807) is 0 Å². The lowest BCUT2D eigenvalue weighted by atomic mass is 9.81. The molecule has 0 bridgehead atoms. The number of hydrogen-bond acceptors (Lipinski definition) is 2. The number of fused-ring (bicyclic) bond motifs is 2. The van der Waals surface area contributed by atoms with Gasteiger partial charge in [0.05, 0.1) is 0 Å². The van der Waals surface area contributed by atoms with Crippen LogP contribution in [-0.2, 0) is 6.42 Å². The van der Waals surface area contributed by atoms with E-state index >= 15 is 0 Å². The third-order valence-corrected chi connectivity index (χ3v) is 4.30. The Labute approximate surface area is 106 Å². The van der Waals surface area contributed by atoms with Crippen molar-refractivity contribution in [2.45, 2.75) is 18.5 Å². The number of aromatic nitrogens is 1. The lowest BCUT2D eigenvalue weighted by Crippen LogP contribution is -2.46. The monoisotopic (exact) mass is 239 g/mol. The fourth-order valence-electron chi connectivity index (χ4n) is 3.49. The van der Waals surface area contributed by atoms with Gasteiger partial charge in [-0.05, 0) is 36.2 Å². The molecule has 18 heavy (non-hydrogen) atoms. The van der Waals surface area contributed by atoms with Crippen molar-refractivity contribution in [1.29, 1.82) is 0 Å². The van der Waals surface area contributed by atoms with Crippen LogP contribution in [0.3, 0.4) is 0 Å². The van der Waals surface area contributed by atoms with Crippen LogP contribution in [0.4, 0.5) is 0 Å². The maximum atomic E-state index is 6.13. The molecular formula is C15H17N3. The first kappa shape index (κ1) is 10.4. The van der Waals surface area contributed by atoms with Crippen LogP contribution in [0, 0.1) is 0 Å². The SMILES string of the molecule is CN1CC(N)C=C2c3cccc4[nH]cc(c34)C[C@H]21. The number of nitrogens with zero attached hydrogens (tertiary/aromatic N) is 1. The molecule has 92 valence electrons. The van der Waals surface area contributed by atoms with Gasteiger partial charge in [0.2, 0.25) is 0 Å². The smallest absolute Gasteiger partial charge is 0.0462 e. The predicted octanol–water partition coefficient (Wildman–Crippen LogP) is 1.75. The van der Waals surface area contributed by atoms with E-state index < -0.39 is 0 Å². The van der Waals surface area contributed by atoms with Gasteiger partial charge in [-0.3, -0.25) is 4.90 Å². The fraction of sp³-hybridized carbons (Fsp3) is 0.333. The summed E-state index contributed by atoms with van der Waals surface area (Å²) in [6, 6.07) is 7.14. The number of hydrogen-bond donors (Lipinski definition) is 2. The molecular weight excluding hydrogens is 222 g/mol. The molecule has 1 aromatic heterocycles. The summed E-state index contributed by atoms with van der Waals surface area (Å²) in [6.07, 6.45) is 5.51. The molecule has 1 aliphatic heterocycles. The Hall–Kier alpha value is -1.58. The van der Waals surface area contributed by atoms with Crippen molar-refractivity contribution < 1.29 is 0 Å². The predicted molar refractivity (Wildman–Crippen MR) is 74.4 cm³/mol. The first-order valence-electron chi connectivity index (χ1n) is 6.51. The number of nitrogens with one attached hydrogen (secondary N) is 1. The molecule has 1 aliphatic carbocycles. The zero-order valence-corrected chi connectivity index (χ0v) is 10.5. The average molecular weight is 239 g/mol. The van der Waals surface area contributed by atoms with Crippen LogP contribution < -0.4 is 5.73 Å². The van der Waals surface area contributed by atoms with E-state index in [0.29, 0.717) is 6.04 Å². The van der Waals surface area contributed by atoms with Crippen molar-refractivity contribution in [1.82, 2.24) is 9.88 Å². The molecule has 1 aromatic carbocycles. The molecule has 2 atom stereocenters. The minimum atomic E-state index is 0.150. The molecule has 3 N–H and O–H groups in total. The lowest BCUT2D eigenvalue weighted by molar-refractivity contribution is 0.268. The third kappa shape index (κ3) is 1.26. The largest absolute Gasteiger partial charge is 0.361 e. The second-order valence-corrected chi connectivity index (χ2v) is 5.49. The molecule has 0 saturated heterocycles. The minimum Gasteiger partial charge on any atom is -0.361 e. The van der Waals surface area contributed by atoms with E-state index in [1.807, 2.05) is 0 Å². The molecule has 3 heteroatoms. The average Bonchev–Trinajstić information content (AvgIpc) is 2.76. The van der Waals surface area contributed by atoms with Crippen molar-refractivity contribution >= 4 is 16.5 Å². The summed E-state index contributed by atoms with van der Waals surface area (Å²) in [5.41, 5.74) is 11.6. The van der Waals surface area contributed by atoms with Gasteiger partial charge in [-0.15, -0.1) is 0 Å². The van der Waals surface area contributed by atoms with Crippen LogP contribution in [-0.4, -0.2) is 35.6 Å². The van der Waals surface area contributed by atoms with Gasteiger partial charge in [0, 0.05) is 35.7 Å². The molecule has 2 heterocycles. The van der Waals surface area contributed by atoms with E-state index in [-0.39, 0.29) is 6.04 Å². The van der Waals surface area contributed by atoms with Crippen LogP contribution in [0.5, 0.6) is 0 Å². The van der Waals surface area contributed by atoms with Crippen molar-refractivity contribution in [3.63, 3.8) is 0 Å². The summed E-state index contributed by atoms with van der Waals surface area (Å²) in [7, 11) is 2.18. The Bertz CT molecular complexity index is 653. The first-order chi connectivity index (χ1) is 8.74. The Morgan fingerprint density at radius 1 is 1.39 bits per heavy atom. The Morgan fingerprint density at radius 3 is 3.17 bits per heavy atom. The summed E-state index contributed by atoms with van der Waals surface area (Å²) in [4.78, 5) is 5.76. The highest BCUT2D eigenvalue weighted by molar-refractivity contribution is 5.98. The van der Waals surface area contributed by atoms with Crippen molar-refractivity contribution in [2.75, 3.05) is 13.6 Å². The number of rotatable bonds is 0. The molecule has 2 aromatic rings. The maximum Gasteiger partial charge on any atom is 0.0462 e. The number of nitrogens with two attached hydrogens (primary N) is 1. The zero-order chi connectivity index (χ0) is 12.3. The molecule has 3 nitrogen and oxygen atoms in total. The van der Waals surface area contributed by atoms with Crippen molar-refractivity contribution in [2.24, 2.45) is 5.73 Å². The van der Waals surface area contributed by atoms with E-state index in [1.165, 1.54) is 27.6 Å². The van der Waals surface area contributed by atoms with Gasteiger partial charge < -0.3 is 10.7 Å². The van der Waals surface area contributed by atoms with Gasteiger partial charge in [0.15, 0.2) is 0 Å². The highest BCUT2D eigenvalue weighted by Gasteiger charge is 2.32. The Morgan fingerprint density at radius 2 is 2.28 bits per heavy atom. The van der Waals surface area contributed by atoms with Crippen LogP contribution in [0.1, 0.15) is 11.1 Å². The van der Waals surface area contributed by atoms with Gasteiger partial charge >= 0.3 is 0 Å². The second kappa shape index (κ2) is 3.46. The van der Waals surface area contributed by atoms with Gasteiger partial charge in [-0.2, -0.15) is 0 Å². The minimum absolute atomic E-state index is 0.150. The topological polar surface area (TPSA) is 45.0 Å². The van der Waals surface area contributed by atoms with Crippen LogP contribution in [0.15, 0.2) is 30.5 Å². The van der Waals surface area contributed by atoms with Crippen molar-refractivity contribution in [3.05, 3.63) is 41.6 Å². The molecule has 0 spiro atoms. The van der Waals surface area contributed by atoms with Gasteiger partial charge in [0.1, 0.15) is 0 Å². The van der Waals surface area contributed by atoms with Crippen LogP contribution in [0.25, 0.3) is 16.5 Å². The Kier molecular flexibility index (Phi) is 1.99. The second-order valence-electron chi connectivity index (χ2n) is 5.49. The molecule has 0 saturated carbocycles. The number of benzene rings is 1. The highest BCUT2D eigenvalue weighted by Crippen LogP contribution is 2.39. The molecule has 2 aliphatic rings. The zero-order valence-electron chi connectivity index (χ0n) is 10.5. The fourth-order valence-corrected chi connectivity index (χ4v) is 3.49. The summed E-state index contributed by atoms with van der Waals surface area (Å²) in [5, 5.41) is 1.39. The summed E-state index contributed by atoms with van der Waals surface area (Å²) >= 11 is 0. The maximum absolute atomic E-state index is 6.13. The number of H-pyrrole nitrogens is 1. The summed E-state index contributed by atoms with van der Waals surface area (Å²) in [5.74, 6) is 0. The molecule has 0 radical (unpaired) electrons. The number of likely N-dealkylation sites (N-methyl/N-ethyl adjacent to an activating group) is 1. The van der Waals surface area contributed by atoms with Gasteiger partial charge in [-0.25, -0.2) is 0 Å². The number of aromatic amines is 1. The summed E-state index contributed by atoms with van der Waals surface area (Å²) < 4.78 is 0. The molecule has 0 amide bonds. The van der Waals surface area contributed by atoms with Crippen molar-refractivity contribution in [3.8, 4) is 0 Å². The normalized spacial score (nSPS) is 27.1. The van der Waals surface area contributed by atoms with E-state index in [9.17, 15) is 0 Å². The van der Waals surface area contributed by atoms with Gasteiger partial charge in [-0.1, -0.05) is 18.2 Å². The summed E-state index contributed by atoms with van der Waals surface area (Å²) in [6.45, 7) is 0.948. The van der Waals surface area contributed by atoms with Crippen LogP contribution in [0.2, 0.25) is 0 Å². The van der Waals surface area contributed by atoms with E-state index in [2.05, 4.69) is 47.4 Å². The third-order valence-electron chi connectivity index (χ3n) is 4.30. The quantitative estimate of drug-likeness (QED) is 0.735. The van der Waals surface area contributed by atoms with Gasteiger partial charge in [0.25, 0.3) is 0 Å². The molecule has 1 unspecified atom stereocenters. The van der Waals surface area contributed by atoms with E-state index in [4.69, 9.17) is 5.73 Å². The molecule has 0 fully saturated rings. The molecule has 4 rings (SSSR count). The van der Waals surface area contributed by atoms with Crippen LogP contribution >= 0.6 is 0 Å². The highest BCUT2D eigenvalue weighted by atomic mass is 15.1. The Balaban J connectivity index is 2.02. The standard InChI is InChI=1S/C15H17N3/c1-18-8-10(16)6-12-11-3-2-4-13-15(11)9(7-17-13)5-14(12)18/h2-4,6-7,10,14,17H,5,8,16H2,1H3/t10?,14-/m1/s1. The van der Waals surface area contributed by atoms with E-state index in [0.717, 1.165) is 13.0 Å². The first-order valence-corrected chi connectivity index (χ1v) is 6.51. The lowest BCUT2D eigenvalue weighted by Gasteiger charge is -2.38.